The average Bonchev–Trinajstić information content (AvgIpc) is 2.49. The number of amides is 3. The normalized spacial score (nSPS) is 10.1. The van der Waals surface area contributed by atoms with Gasteiger partial charge in [-0.3, -0.25) is 10.1 Å². The van der Waals surface area contributed by atoms with Crippen molar-refractivity contribution >= 4 is 34.9 Å². The van der Waals surface area contributed by atoms with Gasteiger partial charge in [-0.1, -0.05) is 17.7 Å². The molecule has 2 aromatic rings. The Morgan fingerprint density at radius 2 is 1.74 bits per heavy atom. The fourth-order valence-electron chi connectivity index (χ4n) is 1.97. The highest BCUT2D eigenvalue weighted by Gasteiger charge is 2.20. The van der Waals surface area contributed by atoms with Crippen LogP contribution in [0, 0.1) is 5.82 Å². The lowest BCUT2D eigenvalue weighted by Gasteiger charge is -2.17. The minimum Gasteiger partial charge on any atom is -0.377 e. The molecule has 2 aromatic carbocycles. The first kappa shape index (κ1) is 16.8. The molecule has 0 bridgehead atoms. The van der Waals surface area contributed by atoms with Crippen LogP contribution in [0.1, 0.15) is 10.4 Å². The highest BCUT2D eigenvalue weighted by atomic mass is 35.5. The molecule has 5 nitrogen and oxygen atoms in total. The number of hydrogen-bond donors (Lipinski definition) is 2. The first-order chi connectivity index (χ1) is 10.9. The molecule has 7 heteroatoms. The third-order valence-corrected chi connectivity index (χ3v) is 3.28. The second-order valence-electron chi connectivity index (χ2n) is 4.94. The van der Waals surface area contributed by atoms with Gasteiger partial charge in [-0.05, 0) is 36.4 Å². The van der Waals surface area contributed by atoms with Gasteiger partial charge >= 0.3 is 6.03 Å². The molecule has 0 aromatic heterocycles. The molecule has 0 saturated carbocycles. The van der Waals surface area contributed by atoms with Crippen molar-refractivity contribution < 1.29 is 14.0 Å². The SMILES string of the molecule is CN(C)c1cccc(F)c1C(=O)NC(=O)Nc1ccc(Cl)cc1. The van der Waals surface area contributed by atoms with E-state index in [9.17, 15) is 14.0 Å². The Bertz CT molecular complexity index is 733. The van der Waals surface area contributed by atoms with Crippen molar-refractivity contribution in [3.63, 3.8) is 0 Å². The Hall–Kier alpha value is -2.60. The first-order valence-corrected chi connectivity index (χ1v) is 7.10. The summed E-state index contributed by atoms with van der Waals surface area (Å²) in [6.45, 7) is 0. The van der Waals surface area contributed by atoms with E-state index in [1.54, 1.807) is 49.3 Å². The van der Waals surface area contributed by atoms with Crippen LogP contribution >= 0.6 is 11.6 Å². The number of benzene rings is 2. The maximum absolute atomic E-state index is 13.9. The van der Waals surface area contributed by atoms with Crippen molar-refractivity contribution in [2.24, 2.45) is 0 Å². The quantitative estimate of drug-likeness (QED) is 0.902. The first-order valence-electron chi connectivity index (χ1n) is 6.72. The van der Waals surface area contributed by atoms with Gasteiger partial charge in [0.25, 0.3) is 5.91 Å². The van der Waals surface area contributed by atoms with Crippen molar-refractivity contribution in [1.82, 2.24) is 5.32 Å². The lowest BCUT2D eigenvalue weighted by molar-refractivity contribution is 0.0964. The number of carbonyl (C=O) groups excluding carboxylic acids is 2. The van der Waals surface area contributed by atoms with Crippen molar-refractivity contribution in [2.45, 2.75) is 0 Å². The summed E-state index contributed by atoms with van der Waals surface area (Å²) in [4.78, 5) is 25.6. The maximum atomic E-state index is 13.9. The standard InChI is InChI=1S/C16H15ClFN3O2/c1-21(2)13-5-3-4-12(18)14(13)15(22)20-16(23)19-11-8-6-10(17)7-9-11/h3-9H,1-2H3,(H2,19,20,22,23). The molecular formula is C16H15ClFN3O2. The molecule has 0 aliphatic heterocycles. The van der Waals surface area contributed by atoms with Gasteiger partial charge in [-0.2, -0.15) is 0 Å². The molecule has 0 saturated heterocycles. The summed E-state index contributed by atoms with van der Waals surface area (Å²) in [6, 6.07) is 9.86. The van der Waals surface area contributed by atoms with Crippen LogP contribution in [-0.2, 0) is 0 Å². The molecule has 2 rings (SSSR count). The van der Waals surface area contributed by atoms with E-state index in [1.165, 1.54) is 12.1 Å². The number of urea groups is 1. The number of carbonyl (C=O) groups is 2. The van der Waals surface area contributed by atoms with Crippen LogP contribution in [-0.4, -0.2) is 26.0 Å². The molecule has 0 radical (unpaired) electrons. The lowest BCUT2D eigenvalue weighted by atomic mass is 10.1. The topological polar surface area (TPSA) is 61.4 Å². The van der Waals surface area contributed by atoms with Crippen LogP contribution in [0.2, 0.25) is 5.02 Å². The third kappa shape index (κ3) is 4.20. The van der Waals surface area contributed by atoms with E-state index in [-0.39, 0.29) is 5.56 Å². The minimum atomic E-state index is -0.821. The average molecular weight is 336 g/mol. The van der Waals surface area contributed by atoms with Gasteiger partial charge in [0.1, 0.15) is 5.82 Å². The number of nitrogens with zero attached hydrogens (tertiary/aromatic N) is 1. The van der Waals surface area contributed by atoms with E-state index in [2.05, 4.69) is 10.6 Å². The van der Waals surface area contributed by atoms with Crippen molar-refractivity contribution in [3.05, 3.63) is 58.9 Å². The molecular weight excluding hydrogens is 321 g/mol. The highest BCUT2D eigenvalue weighted by Crippen LogP contribution is 2.21. The van der Waals surface area contributed by atoms with Gasteiger partial charge in [-0.25, -0.2) is 9.18 Å². The number of halogens is 2. The smallest absolute Gasteiger partial charge is 0.326 e. The van der Waals surface area contributed by atoms with Crippen LogP contribution in [0.5, 0.6) is 0 Å². The maximum Gasteiger partial charge on any atom is 0.326 e. The summed E-state index contributed by atoms with van der Waals surface area (Å²) in [6.07, 6.45) is 0. The lowest BCUT2D eigenvalue weighted by Crippen LogP contribution is -2.35. The third-order valence-electron chi connectivity index (χ3n) is 3.03. The predicted molar refractivity (Wildman–Crippen MR) is 88.7 cm³/mol. The zero-order valence-corrected chi connectivity index (χ0v) is 13.3. The molecule has 3 amide bonds. The monoisotopic (exact) mass is 335 g/mol. The number of hydrogen-bond acceptors (Lipinski definition) is 3. The van der Waals surface area contributed by atoms with Crippen LogP contribution in [0.25, 0.3) is 0 Å². The number of nitrogens with one attached hydrogen (secondary N) is 2. The summed E-state index contributed by atoms with van der Waals surface area (Å²) in [5.74, 6) is -1.52. The minimum absolute atomic E-state index is 0.191. The van der Waals surface area contributed by atoms with E-state index in [4.69, 9.17) is 11.6 Å². The van der Waals surface area contributed by atoms with Crippen molar-refractivity contribution in [1.29, 1.82) is 0 Å². The largest absolute Gasteiger partial charge is 0.377 e. The van der Waals surface area contributed by atoms with E-state index in [0.717, 1.165) is 0 Å². The molecule has 0 aliphatic rings. The van der Waals surface area contributed by atoms with Crippen molar-refractivity contribution in [3.8, 4) is 0 Å². The predicted octanol–water partition coefficient (Wildman–Crippen LogP) is 3.51. The second-order valence-corrected chi connectivity index (χ2v) is 5.38. The molecule has 2 N–H and O–H groups in total. The van der Waals surface area contributed by atoms with Gasteiger partial charge in [0.15, 0.2) is 0 Å². The fraction of sp³-hybridized carbons (Fsp3) is 0.125. The van der Waals surface area contributed by atoms with E-state index in [1.807, 2.05) is 0 Å². The number of rotatable bonds is 3. The number of imide groups is 1. The van der Waals surface area contributed by atoms with E-state index in [0.29, 0.717) is 16.4 Å². The fourth-order valence-corrected chi connectivity index (χ4v) is 2.10. The van der Waals surface area contributed by atoms with Crippen molar-refractivity contribution in [2.75, 3.05) is 24.3 Å². The van der Waals surface area contributed by atoms with Crippen LogP contribution in [0.15, 0.2) is 42.5 Å². The summed E-state index contributed by atoms with van der Waals surface area (Å²) in [7, 11) is 3.36. The summed E-state index contributed by atoms with van der Waals surface area (Å²) in [5.41, 5.74) is 0.645. The van der Waals surface area contributed by atoms with Gasteiger partial charge < -0.3 is 10.2 Å². The Morgan fingerprint density at radius 3 is 2.35 bits per heavy atom. The van der Waals surface area contributed by atoms with E-state index < -0.39 is 17.8 Å². The molecule has 0 heterocycles. The Kier molecular flexibility index (Phi) is 5.18. The van der Waals surface area contributed by atoms with Gasteiger partial charge in [-0.15, -0.1) is 0 Å². The number of anilines is 2. The molecule has 0 atom stereocenters. The molecule has 0 spiro atoms. The van der Waals surface area contributed by atoms with Crippen LogP contribution in [0.4, 0.5) is 20.6 Å². The summed E-state index contributed by atoms with van der Waals surface area (Å²) < 4.78 is 13.9. The van der Waals surface area contributed by atoms with E-state index >= 15 is 0 Å². The molecule has 0 fully saturated rings. The Labute approximate surface area is 138 Å². The zero-order valence-electron chi connectivity index (χ0n) is 12.6. The van der Waals surface area contributed by atoms with Crippen LogP contribution < -0.4 is 15.5 Å². The molecule has 120 valence electrons. The van der Waals surface area contributed by atoms with Gasteiger partial charge in [0.2, 0.25) is 0 Å². The molecule has 23 heavy (non-hydrogen) atoms. The second kappa shape index (κ2) is 7.11. The molecule has 0 unspecified atom stereocenters. The molecule has 0 aliphatic carbocycles. The van der Waals surface area contributed by atoms with Gasteiger partial charge in [0.05, 0.1) is 11.3 Å². The highest BCUT2D eigenvalue weighted by molar-refractivity contribution is 6.30. The summed E-state index contributed by atoms with van der Waals surface area (Å²) >= 11 is 5.75. The zero-order chi connectivity index (χ0) is 17.0. The summed E-state index contributed by atoms with van der Waals surface area (Å²) in [5, 5.41) is 5.10. The Balaban J connectivity index is 2.13. The van der Waals surface area contributed by atoms with Crippen LogP contribution in [0.3, 0.4) is 0 Å². The van der Waals surface area contributed by atoms with Gasteiger partial charge in [0, 0.05) is 24.8 Å². The Morgan fingerprint density at radius 1 is 1.09 bits per heavy atom.